The smallest absolute Gasteiger partial charge is 0.0302 e. The summed E-state index contributed by atoms with van der Waals surface area (Å²) in [6, 6.07) is 3.35. The summed E-state index contributed by atoms with van der Waals surface area (Å²) in [4.78, 5) is 2.89. The Kier molecular flexibility index (Phi) is 4.00. The maximum Gasteiger partial charge on any atom is 0.0302 e. The summed E-state index contributed by atoms with van der Waals surface area (Å²) in [5, 5.41) is 3.64. The Bertz CT molecular complexity index is 326. The second kappa shape index (κ2) is 5.30. The van der Waals surface area contributed by atoms with Gasteiger partial charge < -0.3 is 11.1 Å². The number of thiophene rings is 1. The van der Waals surface area contributed by atoms with Gasteiger partial charge in [0, 0.05) is 28.4 Å². The van der Waals surface area contributed by atoms with Crippen LogP contribution in [0.25, 0.3) is 0 Å². The molecule has 1 aromatic rings. The molecule has 3 N–H and O–H groups in total. The van der Waals surface area contributed by atoms with Crippen molar-refractivity contribution in [2.24, 2.45) is 5.73 Å². The fraction of sp³-hybridized carbons (Fsp3) is 0.692. The molecule has 2 atom stereocenters. The Morgan fingerprint density at radius 3 is 2.88 bits per heavy atom. The fourth-order valence-corrected chi connectivity index (χ4v) is 3.40. The van der Waals surface area contributed by atoms with Gasteiger partial charge >= 0.3 is 0 Å². The molecule has 16 heavy (non-hydrogen) atoms. The van der Waals surface area contributed by atoms with Gasteiger partial charge in [0.05, 0.1) is 0 Å². The largest absolute Gasteiger partial charge is 0.328 e. The third-order valence-corrected chi connectivity index (χ3v) is 4.65. The molecule has 1 saturated carbocycles. The van der Waals surface area contributed by atoms with Crippen LogP contribution in [0.5, 0.6) is 0 Å². The molecule has 1 heterocycles. The molecule has 1 aliphatic carbocycles. The van der Waals surface area contributed by atoms with Gasteiger partial charge in [-0.25, -0.2) is 0 Å². The fourth-order valence-electron chi connectivity index (χ4n) is 2.39. The molecule has 1 aromatic heterocycles. The summed E-state index contributed by atoms with van der Waals surface area (Å²) in [5.41, 5.74) is 7.40. The molecule has 0 aromatic carbocycles. The topological polar surface area (TPSA) is 38.0 Å². The van der Waals surface area contributed by atoms with Crippen molar-refractivity contribution in [3.8, 4) is 0 Å². The highest BCUT2D eigenvalue weighted by molar-refractivity contribution is 7.12. The van der Waals surface area contributed by atoms with Gasteiger partial charge in [-0.1, -0.05) is 6.42 Å². The summed E-state index contributed by atoms with van der Waals surface area (Å²) < 4.78 is 0. The second-order valence-corrected chi connectivity index (χ2v) is 6.30. The van der Waals surface area contributed by atoms with E-state index < -0.39 is 0 Å². The molecule has 1 fully saturated rings. The molecule has 0 radical (unpaired) electrons. The van der Waals surface area contributed by atoms with Crippen LogP contribution in [0, 0.1) is 13.8 Å². The van der Waals surface area contributed by atoms with Crippen molar-refractivity contribution in [3.63, 3.8) is 0 Å². The average molecular weight is 238 g/mol. The first-order valence-electron chi connectivity index (χ1n) is 6.20. The van der Waals surface area contributed by atoms with Gasteiger partial charge in [0.1, 0.15) is 0 Å². The Morgan fingerprint density at radius 1 is 1.44 bits per heavy atom. The van der Waals surface area contributed by atoms with Gasteiger partial charge in [-0.2, -0.15) is 0 Å². The summed E-state index contributed by atoms with van der Waals surface area (Å²) in [6.07, 6.45) is 4.91. The Labute approximate surface area is 102 Å². The van der Waals surface area contributed by atoms with E-state index >= 15 is 0 Å². The maximum atomic E-state index is 5.98. The molecular formula is C13H22N2S. The van der Waals surface area contributed by atoms with Gasteiger partial charge in [0.15, 0.2) is 0 Å². The molecule has 2 nitrogen and oxygen atoms in total. The van der Waals surface area contributed by atoms with Gasteiger partial charge in [0.25, 0.3) is 0 Å². The summed E-state index contributed by atoms with van der Waals surface area (Å²) in [5.74, 6) is 0. The molecule has 2 unspecified atom stereocenters. The maximum absolute atomic E-state index is 5.98. The van der Waals surface area contributed by atoms with Gasteiger partial charge in [-0.15, -0.1) is 11.3 Å². The molecule has 0 amide bonds. The SMILES string of the molecule is Cc1cc(CNC2CCCC(N)C2)sc1C. The Balaban J connectivity index is 1.82. The summed E-state index contributed by atoms with van der Waals surface area (Å²) >= 11 is 1.91. The summed E-state index contributed by atoms with van der Waals surface area (Å²) in [6.45, 7) is 5.39. The quantitative estimate of drug-likeness (QED) is 0.849. The lowest BCUT2D eigenvalue weighted by atomic mass is 9.92. The first kappa shape index (κ1) is 12.1. The number of aryl methyl sites for hydroxylation is 2. The standard InChI is InChI=1S/C13H22N2S/c1-9-6-13(16-10(9)2)8-15-12-5-3-4-11(14)7-12/h6,11-12,15H,3-5,7-8,14H2,1-2H3. The van der Waals surface area contributed by atoms with Crippen LogP contribution in [0.3, 0.4) is 0 Å². The van der Waals surface area contributed by atoms with Crippen LogP contribution in [0.15, 0.2) is 6.07 Å². The van der Waals surface area contributed by atoms with Crippen molar-refractivity contribution < 1.29 is 0 Å². The van der Waals surface area contributed by atoms with E-state index in [0.29, 0.717) is 12.1 Å². The molecular weight excluding hydrogens is 216 g/mol. The average Bonchev–Trinajstić information content (AvgIpc) is 2.56. The van der Waals surface area contributed by atoms with E-state index in [2.05, 4.69) is 25.2 Å². The number of hydrogen-bond acceptors (Lipinski definition) is 3. The van der Waals surface area contributed by atoms with E-state index in [1.54, 1.807) is 0 Å². The van der Waals surface area contributed by atoms with Crippen LogP contribution in [0.2, 0.25) is 0 Å². The highest BCUT2D eigenvalue weighted by Crippen LogP contribution is 2.22. The number of nitrogens with two attached hydrogens (primary N) is 1. The second-order valence-electron chi connectivity index (χ2n) is 4.96. The van der Waals surface area contributed by atoms with Gasteiger partial charge in [-0.3, -0.25) is 0 Å². The van der Waals surface area contributed by atoms with E-state index in [4.69, 9.17) is 5.73 Å². The lowest BCUT2D eigenvalue weighted by Gasteiger charge is -2.27. The Morgan fingerprint density at radius 2 is 2.25 bits per heavy atom. The summed E-state index contributed by atoms with van der Waals surface area (Å²) in [7, 11) is 0. The minimum Gasteiger partial charge on any atom is -0.328 e. The highest BCUT2D eigenvalue weighted by Gasteiger charge is 2.18. The predicted molar refractivity (Wildman–Crippen MR) is 70.9 cm³/mol. The monoisotopic (exact) mass is 238 g/mol. The van der Waals surface area contributed by atoms with Crippen LogP contribution in [0.1, 0.15) is 41.0 Å². The van der Waals surface area contributed by atoms with Crippen molar-refractivity contribution in [3.05, 3.63) is 21.4 Å². The molecule has 0 saturated heterocycles. The zero-order chi connectivity index (χ0) is 11.5. The van der Waals surface area contributed by atoms with Gasteiger partial charge in [-0.05, 0) is 44.7 Å². The van der Waals surface area contributed by atoms with Crippen molar-refractivity contribution in [2.75, 3.05) is 0 Å². The van der Waals surface area contributed by atoms with Crippen LogP contribution < -0.4 is 11.1 Å². The predicted octanol–water partition coefficient (Wildman–Crippen LogP) is 2.72. The number of rotatable bonds is 3. The van der Waals surface area contributed by atoms with Gasteiger partial charge in [0.2, 0.25) is 0 Å². The minimum atomic E-state index is 0.415. The molecule has 1 aliphatic rings. The van der Waals surface area contributed by atoms with E-state index in [1.807, 2.05) is 11.3 Å². The normalized spacial score (nSPS) is 25.9. The van der Waals surface area contributed by atoms with Crippen LogP contribution in [-0.4, -0.2) is 12.1 Å². The minimum absolute atomic E-state index is 0.415. The van der Waals surface area contributed by atoms with Crippen molar-refractivity contribution >= 4 is 11.3 Å². The van der Waals surface area contributed by atoms with E-state index in [9.17, 15) is 0 Å². The third kappa shape index (κ3) is 3.06. The van der Waals surface area contributed by atoms with Crippen LogP contribution in [0.4, 0.5) is 0 Å². The first-order valence-corrected chi connectivity index (χ1v) is 7.01. The Hall–Kier alpha value is -0.380. The molecule has 90 valence electrons. The third-order valence-electron chi connectivity index (χ3n) is 3.50. The van der Waals surface area contributed by atoms with Crippen LogP contribution in [-0.2, 0) is 6.54 Å². The number of hydrogen-bond donors (Lipinski definition) is 2. The molecule has 0 spiro atoms. The van der Waals surface area contributed by atoms with Crippen molar-refractivity contribution in [1.82, 2.24) is 5.32 Å². The highest BCUT2D eigenvalue weighted by atomic mass is 32.1. The lowest BCUT2D eigenvalue weighted by molar-refractivity contribution is 0.339. The molecule has 0 bridgehead atoms. The van der Waals surface area contributed by atoms with Crippen LogP contribution >= 0.6 is 11.3 Å². The molecule has 2 rings (SSSR count). The first-order chi connectivity index (χ1) is 7.65. The molecule has 3 heteroatoms. The zero-order valence-electron chi connectivity index (χ0n) is 10.3. The van der Waals surface area contributed by atoms with E-state index in [-0.39, 0.29) is 0 Å². The molecule has 0 aliphatic heterocycles. The van der Waals surface area contributed by atoms with E-state index in [0.717, 1.165) is 13.0 Å². The number of nitrogens with one attached hydrogen (secondary N) is 1. The van der Waals surface area contributed by atoms with E-state index in [1.165, 1.54) is 34.6 Å². The zero-order valence-corrected chi connectivity index (χ0v) is 11.1. The lowest BCUT2D eigenvalue weighted by Crippen LogP contribution is -2.38. The van der Waals surface area contributed by atoms with Crippen molar-refractivity contribution in [2.45, 2.75) is 58.2 Å². The van der Waals surface area contributed by atoms with Crippen molar-refractivity contribution in [1.29, 1.82) is 0 Å².